The van der Waals surface area contributed by atoms with Gasteiger partial charge in [0.1, 0.15) is 5.82 Å². The summed E-state index contributed by atoms with van der Waals surface area (Å²) in [5.41, 5.74) is 3.54. The van der Waals surface area contributed by atoms with Crippen molar-refractivity contribution in [3.05, 3.63) is 84.1 Å². The van der Waals surface area contributed by atoms with Crippen LogP contribution in [0.1, 0.15) is 20.7 Å². The van der Waals surface area contributed by atoms with Crippen LogP contribution in [0.25, 0.3) is 22.2 Å². The first kappa shape index (κ1) is 21.9. The molecule has 0 unspecified atom stereocenters. The maximum Gasteiger partial charge on any atom is 0.340 e. The van der Waals surface area contributed by atoms with E-state index in [0.29, 0.717) is 24.3 Å². The zero-order chi connectivity index (χ0) is 23.5. The molecule has 1 aliphatic heterocycles. The maximum atomic E-state index is 13.3. The number of anilines is 1. The van der Waals surface area contributed by atoms with Crippen LogP contribution < -0.4 is 4.90 Å². The van der Waals surface area contributed by atoms with Crippen LogP contribution in [0.3, 0.4) is 0 Å². The molecule has 0 amide bonds. The van der Waals surface area contributed by atoms with Gasteiger partial charge in [-0.3, -0.25) is 4.79 Å². The van der Waals surface area contributed by atoms with Crippen molar-refractivity contribution in [2.75, 3.05) is 37.8 Å². The monoisotopic (exact) mass is 455 g/mol. The molecule has 0 radical (unpaired) electrons. The second-order valence-electron chi connectivity index (χ2n) is 8.17. The first-order valence-corrected chi connectivity index (χ1v) is 11.3. The average molecular weight is 456 g/mol. The molecule has 3 heterocycles. The van der Waals surface area contributed by atoms with Gasteiger partial charge in [0, 0.05) is 37.2 Å². The number of hydrogen-bond donors (Lipinski definition) is 0. The highest BCUT2D eigenvalue weighted by Crippen LogP contribution is 2.33. The summed E-state index contributed by atoms with van der Waals surface area (Å²) in [6.07, 6.45) is 1.49. The molecule has 2 aromatic heterocycles. The minimum Gasteiger partial charge on any atom is -0.454 e. The van der Waals surface area contributed by atoms with E-state index in [9.17, 15) is 9.59 Å². The number of carbonyl (C=O) groups is 2. The van der Waals surface area contributed by atoms with Gasteiger partial charge in [-0.1, -0.05) is 48.5 Å². The summed E-state index contributed by atoms with van der Waals surface area (Å²) in [7, 11) is 1.94. The Hall–Kier alpha value is -3.97. The Kier molecular flexibility index (Phi) is 6.10. The predicted molar refractivity (Wildman–Crippen MR) is 130 cm³/mol. The van der Waals surface area contributed by atoms with E-state index in [-0.39, 0.29) is 12.4 Å². The molecule has 7 nitrogen and oxygen atoms in total. The van der Waals surface area contributed by atoms with Gasteiger partial charge in [0.25, 0.3) is 0 Å². The highest BCUT2D eigenvalue weighted by Gasteiger charge is 2.23. The molecule has 5 rings (SSSR count). The normalized spacial score (nSPS) is 13.7. The van der Waals surface area contributed by atoms with E-state index in [1.807, 2.05) is 66.2 Å². The van der Waals surface area contributed by atoms with Crippen molar-refractivity contribution in [3.8, 4) is 11.3 Å². The predicted octanol–water partition coefficient (Wildman–Crippen LogP) is 4.12. The quantitative estimate of drug-likeness (QED) is 0.322. The van der Waals surface area contributed by atoms with Crippen molar-refractivity contribution < 1.29 is 19.1 Å². The van der Waals surface area contributed by atoms with Gasteiger partial charge in [-0.05, 0) is 23.8 Å². The fraction of sp³-hybridized carbons (Fsp3) is 0.222. The summed E-state index contributed by atoms with van der Waals surface area (Å²) in [6.45, 7) is 2.50. The third-order valence-electron chi connectivity index (χ3n) is 6.09. The van der Waals surface area contributed by atoms with Crippen LogP contribution in [0.4, 0.5) is 5.82 Å². The van der Waals surface area contributed by atoms with Gasteiger partial charge >= 0.3 is 5.97 Å². The molecule has 1 aliphatic rings. The van der Waals surface area contributed by atoms with Crippen molar-refractivity contribution in [3.63, 3.8) is 0 Å². The summed E-state index contributed by atoms with van der Waals surface area (Å²) in [6, 6.07) is 21.0. The summed E-state index contributed by atoms with van der Waals surface area (Å²) in [5.74, 6) is -0.0306. The van der Waals surface area contributed by atoms with Gasteiger partial charge in [-0.2, -0.15) is 0 Å². The van der Waals surface area contributed by atoms with Gasteiger partial charge in [0.2, 0.25) is 5.78 Å². The number of aryl methyl sites for hydroxylation is 1. The lowest BCUT2D eigenvalue weighted by Gasteiger charge is -2.27. The number of carbonyl (C=O) groups excluding carboxylic acids is 2. The zero-order valence-corrected chi connectivity index (χ0v) is 18.9. The lowest BCUT2D eigenvalue weighted by atomic mass is 10.0. The number of aromatic nitrogens is 2. The Labute approximate surface area is 197 Å². The molecule has 7 heteroatoms. The van der Waals surface area contributed by atoms with Gasteiger partial charge in [-0.15, -0.1) is 0 Å². The zero-order valence-electron chi connectivity index (χ0n) is 18.9. The van der Waals surface area contributed by atoms with Crippen LogP contribution in [-0.4, -0.2) is 54.2 Å². The van der Waals surface area contributed by atoms with Crippen LogP contribution >= 0.6 is 0 Å². The average Bonchev–Trinajstić information content (AvgIpc) is 3.20. The van der Waals surface area contributed by atoms with E-state index >= 15 is 0 Å². The Balaban J connectivity index is 1.36. The number of ether oxygens (including phenoxy) is 2. The molecule has 2 aromatic carbocycles. The number of benzene rings is 2. The topological polar surface area (TPSA) is 73.7 Å². The maximum absolute atomic E-state index is 13.3. The molecule has 172 valence electrons. The minimum absolute atomic E-state index is 0.248. The molecule has 0 bridgehead atoms. The molecule has 0 aliphatic carbocycles. The molecule has 1 saturated heterocycles. The van der Waals surface area contributed by atoms with Gasteiger partial charge in [0.05, 0.1) is 30.0 Å². The number of hydrogen-bond acceptors (Lipinski definition) is 6. The van der Waals surface area contributed by atoms with Gasteiger partial charge < -0.3 is 18.9 Å². The number of rotatable bonds is 6. The van der Waals surface area contributed by atoms with Crippen molar-refractivity contribution in [1.82, 2.24) is 9.55 Å². The van der Waals surface area contributed by atoms with Gasteiger partial charge in [-0.25, -0.2) is 9.78 Å². The molecule has 0 spiro atoms. The number of fused-ring (bicyclic) bond motifs is 1. The van der Waals surface area contributed by atoms with Crippen LogP contribution in [0.15, 0.2) is 72.9 Å². The standard InChI is InChI=1S/C27H25N3O4/c1-29-22-10-6-5-9-21(22)25(26(29)19-7-3-2-4-8-19)23(31)18-34-27(32)20-11-12-24(28-17-20)30-13-15-33-16-14-30/h2-12,17H,13-16,18H2,1H3. The molecule has 1 fully saturated rings. The molecule has 34 heavy (non-hydrogen) atoms. The van der Waals surface area contributed by atoms with Crippen molar-refractivity contribution >= 4 is 28.5 Å². The number of Topliss-reactive ketones (excluding diaryl/α,β-unsaturated/α-hetero) is 1. The van der Waals surface area contributed by atoms with Crippen LogP contribution in [0.5, 0.6) is 0 Å². The third-order valence-corrected chi connectivity index (χ3v) is 6.09. The van der Waals surface area contributed by atoms with Crippen molar-refractivity contribution in [1.29, 1.82) is 0 Å². The fourth-order valence-electron chi connectivity index (χ4n) is 4.38. The Morgan fingerprint density at radius 2 is 1.71 bits per heavy atom. The molecule has 0 saturated carbocycles. The number of esters is 1. The first-order chi connectivity index (χ1) is 16.6. The van der Waals surface area contributed by atoms with Crippen molar-refractivity contribution in [2.45, 2.75) is 0 Å². The number of ketones is 1. The van der Waals surface area contributed by atoms with E-state index in [2.05, 4.69) is 9.88 Å². The molecular weight excluding hydrogens is 430 g/mol. The Morgan fingerprint density at radius 3 is 2.44 bits per heavy atom. The largest absolute Gasteiger partial charge is 0.454 e. The van der Waals surface area contributed by atoms with Crippen molar-refractivity contribution in [2.24, 2.45) is 7.05 Å². The van der Waals surface area contributed by atoms with Crippen LogP contribution in [0.2, 0.25) is 0 Å². The number of morpholine rings is 1. The number of para-hydroxylation sites is 1. The first-order valence-electron chi connectivity index (χ1n) is 11.3. The molecule has 0 atom stereocenters. The van der Waals surface area contributed by atoms with E-state index in [1.54, 1.807) is 12.1 Å². The molecule has 0 N–H and O–H groups in total. The Morgan fingerprint density at radius 1 is 0.971 bits per heavy atom. The van der Waals surface area contributed by atoms with E-state index in [4.69, 9.17) is 9.47 Å². The second-order valence-corrected chi connectivity index (χ2v) is 8.17. The highest BCUT2D eigenvalue weighted by molar-refractivity contribution is 6.14. The number of pyridine rings is 1. The summed E-state index contributed by atoms with van der Waals surface area (Å²) < 4.78 is 12.8. The van der Waals surface area contributed by atoms with Gasteiger partial charge in [0.15, 0.2) is 6.61 Å². The summed E-state index contributed by atoms with van der Waals surface area (Å²) in [4.78, 5) is 32.5. The molecule has 4 aromatic rings. The lowest BCUT2D eigenvalue weighted by molar-refractivity contribution is 0.0475. The summed E-state index contributed by atoms with van der Waals surface area (Å²) >= 11 is 0. The second kappa shape index (κ2) is 9.49. The fourth-order valence-corrected chi connectivity index (χ4v) is 4.38. The SMILES string of the molecule is Cn1c(-c2ccccc2)c(C(=O)COC(=O)c2ccc(N3CCOCC3)nc2)c2ccccc21. The minimum atomic E-state index is -0.573. The van der Waals surface area contributed by atoms with E-state index in [1.165, 1.54) is 6.20 Å². The smallest absolute Gasteiger partial charge is 0.340 e. The highest BCUT2D eigenvalue weighted by atomic mass is 16.5. The van der Waals surface area contributed by atoms with Crippen LogP contribution in [-0.2, 0) is 16.5 Å². The summed E-state index contributed by atoms with van der Waals surface area (Å²) in [5, 5.41) is 0.835. The van der Waals surface area contributed by atoms with E-state index < -0.39 is 5.97 Å². The molecular formula is C27H25N3O4. The number of nitrogens with zero attached hydrogens (tertiary/aromatic N) is 3. The van der Waals surface area contributed by atoms with E-state index in [0.717, 1.165) is 41.1 Å². The third kappa shape index (κ3) is 4.18. The van der Waals surface area contributed by atoms with Crippen LogP contribution in [0, 0.1) is 0 Å². The Bertz CT molecular complexity index is 1320. The lowest BCUT2D eigenvalue weighted by Crippen LogP contribution is -2.36.